The van der Waals surface area contributed by atoms with E-state index in [2.05, 4.69) is 24.8 Å². The first-order valence-electron chi connectivity index (χ1n) is 8.65. The monoisotopic (exact) mass is 389 g/mol. The number of rotatable bonds is 5. The molecular formula is C18H20ClN5OS. The minimum Gasteiger partial charge on any atom is -0.361 e. The summed E-state index contributed by atoms with van der Waals surface area (Å²) in [5, 5.41) is 14.5. The summed E-state index contributed by atoms with van der Waals surface area (Å²) in [5.74, 6) is 2.43. The fourth-order valence-corrected chi connectivity index (χ4v) is 4.48. The molecule has 0 bridgehead atoms. The average Bonchev–Trinajstić information content (AvgIpc) is 3.35. The molecule has 0 N–H and O–H groups in total. The zero-order chi connectivity index (χ0) is 18.1. The number of aryl methyl sites for hydroxylation is 2. The van der Waals surface area contributed by atoms with Gasteiger partial charge in [0, 0.05) is 24.4 Å². The molecule has 3 aromatic rings. The summed E-state index contributed by atoms with van der Waals surface area (Å²) in [4.78, 5) is 2.27. The number of benzene rings is 1. The van der Waals surface area contributed by atoms with Crippen molar-refractivity contribution < 1.29 is 4.52 Å². The molecular weight excluding hydrogens is 370 g/mol. The Morgan fingerprint density at radius 1 is 1.15 bits per heavy atom. The van der Waals surface area contributed by atoms with Crippen LogP contribution in [0.5, 0.6) is 0 Å². The van der Waals surface area contributed by atoms with Crippen molar-refractivity contribution in [3.63, 3.8) is 0 Å². The van der Waals surface area contributed by atoms with E-state index in [1.807, 2.05) is 38.1 Å². The lowest BCUT2D eigenvalue weighted by atomic mass is 10.2. The van der Waals surface area contributed by atoms with Gasteiger partial charge >= 0.3 is 0 Å². The Kier molecular flexibility index (Phi) is 4.91. The van der Waals surface area contributed by atoms with Crippen LogP contribution < -0.4 is 4.90 Å². The standard InChI is InChI=1S/C18H20ClN5OS/c1-12-14(13(2)25-22-12)11-26-18-21-20-17(23-9-5-6-10-23)24(18)16-8-4-3-7-15(16)19/h3-4,7-8H,5-6,9-11H2,1-2H3. The molecule has 0 radical (unpaired) electrons. The predicted octanol–water partition coefficient (Wildman–Crippen LogP) is 4.42. The number of hydrogen-bond acceptors (Lipinski definition) is 6. The van der Waals surface area contributed by atoms with Crippen molar-refractivity contribution in [3.05, 3.63) is 46.3 Å². The van der Waals surface area contributed by atoms with Crippen LogP contribution >= 0.6 is 23.4 Å². The molecule has 1 saturated heterocycles. The average molecular weight is 390 g/mol. The summed E-state index contributed by atoms with van der Waals surface area (Å²) in [6, 6.07) is 7.82. The second kappa shape index (κ2) is 7.32. The van der Waals surface area contributed by atoms with E-state index in [1.165, 1.54) is 12.8 Å². The molecule has 0 amide bonds. The van der Waals surface area contributed by atoms with E-state index in [0.717, 1.165) is 52.7 Å². The quantitative estimate of drug-likeness (QED) is 0.602. The summed E-state index contributed by atoms with van der Waals surface area (Å²) in [6.45, 7) is 5.89. The van der Waals surface area contributed by atoms with Crippen molar-refractivity contribution in [2.45, 2.75) is 37.6 Å². The summed E-state index contributed by atoms with van der Waals surface area (Å²) < 4.78 is 7.33. The maximum Gasteiger partial charge on any atom is 0.232 e. The summed E-state index contributed by atoms with van der Waals surface area (Å²) >= 11 is 8.11. The van der Waals surface area contributed by atoms with Crippen LogP contribution in [-0.2, 0) is 5.75 Å². The highest BCUT2D eigenvalue weighted by Crippen LogP contribution is 2.33. The van der Waals surface area contributed by atoms with Gasteiger partial charge in [-0.2, -0.15) is 0 Å². The molecule has 0 unspecified atom stereocenters. The van der Waals surface area contributed by atoms with Crippen molar-refractivity contribution >= 4 is 29.3 Å². The van der Waals surface area contributed by atoms with Crippen LogP contribution in [0.15, 0.2) is 33.9 Å². The van der Waals surface area contributed by atoms with Gasteiger partial charge in [-0.1, -0.05) is 40.7 Å². The van der Waals surface area contributed by atoms with E-state index in [4.69, 9.17) is 16.1 Å². The molecule has 0 atom stereocenters. The zero-order valence-corrected chi connectivity index (χ0v) is 16.3. The van der Waals surface area contributed by atoms with Crippen LogP contribution in [0.25, 0.3) is 5.69 Å². The van der Waals surface area contributed by atoms with E-state index >= 15 is 0 Å². The van der Waals surface area contributed by atoms with Gasteiger partial charge in [0.1, 0.15) is 5.76 Å². The molecule has 1 fully saturated rings. The fourth-order valence-electron chi connectivity index (χ4n) is 3.17. The van der Waals surface area contributed by atoms with Crippen molar-refractivity contribution in [2.75, 3.05) is 18.0 Å². The molecule has 136 valence electrons. The van der Waals surface area contributed by atoms with E-state index < -0.39 is 0 Å². The van der Waals surface area contributed by atoms with Gasteiger partial charge in [0.05, 0.1) is 16.4 Å². The lowest BCUT2D eigenvalue weighted by Crippen LogP contribution is -2.22. The third kappa shape index (κ3) is 3.21. The number of nitrogens with zero attached hydrogens (tertiary/aromatic N) is 5. The molecule has 2 aromatic heterocycles. The topological polar surface area (TPSA) is 60.0 Å². The van der Waals surface area contributed by atoms with Crippen molar-refractivity contribution in [3.8, 4) is 5.69 Å². The lowest BCUT2D eigenvalue weighted by Gasteiger charge is -2.19. The van der Waals surface area contributed by atoms with Crippen LogP contribution in [0.1, 0.15) is 29.9 Å². The smallest absolute Gasteiger partial charge is 0.232 e. The van der Waals surface area contributed by atoms with Gasteiger partial charge in [-0.25, -0.2) is 0 Å². The third-order valence-electron chi connectivity index (χ3n) is 4.63. The van der Waals surface area contributed by atoms with E-state index in [-0.39, 0.29) is 0 Å². The fraction of sp³-hybridized carbons (Fsp3) is 0.389. The van der Waals surface area contributed by atoms with Gasteiger partial charge in [0.2, 0.25) is 5.95 Å². The number of aromatic nitrogens is 4. The number of anilines is 1. The van der Waals surface area contributed by atoms with Crippen LogP contribution in [0.4, 0.5) is 5.95 Å². The Hall–Kier alpha value is -1.99. The molecule has 8 heteroatoms. The first-order chi connectivity index (χ1) is 12.6. The Bertz CT molecular complexity index is 897. The molecule has 1 aliphatic heterocycles. The van der Waals surface area contributed by atoms with Crippen LogP contribution in [0.2, 0.25) is 5.02 Å². The Morgan fingerprint density at radius 3 is 2.62 bits per heavy atom. The first kappa shape index (κ1) is 17.4. The Balaban J connectivity index is 1.71. The maximum atomic E-state index is 6.49. The minimum absolute atomic E-state index is 0.687. The SMILES string of the molecule is Cc1noc(C)c1CSc1nnc(N2CCCC2)n1-c1ccccc1Cl. The largest absolute Gasteiger partial charge is 0.361 e. The minimum atomic E-state index is 0.687. The van der Waals surface area contributed by atoms with E-state index in [0.29, 0.717) is 5.02 Å². The second-order valence-electron chi connectivity index (χ2n) is 6.35. The number of halogens is 1. The van der Waals surface area contributed by atoms with Crippen molar-refractivity contribution in [1.29, 1.82) is 0 Å². The van der Waals surface area contributed by atoms with Gasteiger partial charge < -0.3 is 9.42 Å². The second-order valence-corrected chi connectivity index (χ2v) is 7.70. The highest BCUT2D eigenvalue weighted by Gasteiger charge is 2.24. The third-order valence-corrected chi connectivity index (χ3v) is 5.90. The summed E-state index contributed by atoms with van der Waals surface area (Å²) in [5.41, 5.74) is 2.92. The predicted molar refractivity (Wildman–Crippen MR) is 103 cm³/mol. The number of para-hydroxylation sites is 1. The van der Waals surface area contributed by atoms with Gasteiger partial charge in [-0.3, -0.25) is 4.57 Å². The van der Waals surface area contributed by atoms with E-state index in [1.54, 1.807) is 11.8 Å². The molecule has 1 aromatic carbocycles. The molecule has 4 rings (SSSR count). The molecule has 3 heterocycles. The van der Waals surface area contributed by atoms with Crippen molar-refractivity contribution in [2.24, 2.45) is 0 Å². The van der Waals surface area contributed by atoms with Gasteiger partial charge in [-0.05, 0) is 38.8 Å². The Morgan fingerprint density at radius 2 is 1.92 bits per heavy atom. The summed E-state index contributed by atoms with van der Waals surface area (Å²) in [6.07, 6.45) is 2.36. The maximum absolute atomic E-state index is 6.49. The number of hydrogen-bond donors (Lipinski definition) is 0. The van der Waals surface area contributed by atoms with Gasteiger partial charge in [0.15, 0.2) is 5.16 Å². The first-order valence-corrected chi connectivity index (χ1v) is 10.0. The molecule has 6 nitrogen and oxygen atoms in total. The highest BCUT2D eigenvalue weighted by molar-refractivity contribution is 7.98. The number of thioether (sulfide) groups is 1. The zero-order valence-electron chi connectivity index (χ0n) is 14.8. The normalized spacial score (nSPS) is 14.3. The van der Waals surface area contributed by atoms with Crippen LogP contribution in [0.3, 0.4) is 0 Å². The van der Waals surface area contributed by atoms with Crippen molar-refractivity contribution in [1.82, 2.24) is 19.9 Å². The molecule has 26 heavy (non-hydrogen) atoms. The van der Waals surface area contributed by atoms with Crippen LogP contribution in [0, 0.1) is 13.8 Å². The molecule has 0 spiro atoms. The molecule has 0 aliphatic carbocycles. The van der Waals surface area contributed by atoms with Gasteiger partial charge in [-0.15, -0.1) is 10.2 Å². The molecule has 1 aliphatic rings. The Labute approximate surface area is 161 Å². The van der Waals surface area contributed by atoms with Crippen LogP contribution in [-0.4, -0.2) is 33.0 Å². The molecule has 0 saturated carbocycles. The van der Waals surface area contributed by atoms with E-state index in [9.17, 15) is 0 Å². The lowest BCUT2D eigenvalue weighted by molar-refractivity contribution is 0.392. The van der Waals surface area contributed by atoms with Gasteiger partial charge in [0.25, 0.3) is 0 Å². The summed E-state index contributed by atoms with van der Waals surface area (Å²) in [7, 11) is 0. The highest BCUT2D eigenvalue weighted by atomic mass is 35.5.